The lowest BCUT2D eigenvalue weighted by molar-refractivity contribution is 0.222. The van der Waals surface area contributed by atoms with E-state index in [0.29, 0.717) is 19.1 Å². The molecule has 0 saturated carbocycles. The van der Waals surface area contributed by atoms with E-state index in [1.807, 2.05) is 0 Å². The summed E-state index contributed by atoms with van der Waals surface area (Å²) >= 11 is 0. The molecular weight excluding hydrogens is 326 g/mol. The number of unbranched alkanes of at least 4 members (excludes halogenated alkanes) is 2. The molecule has 0 bridgehead atoms. The van der Waals surface area contributed by atoms with E-state index in [4.69, 9.17) is 9.47 Å². The van der Waals surface area contributed by atoms with Gasteiger partial charge in [0.1, 0.15) is 0 Å². The van der Waals surface area contributed by atoms with Gasteiger partial charge in [0.15, 0.2) is 11.5 Å². The van der Waals surface area contributed by atoms with Crippen LogP contribution in [0.3, 0.4) is 0 Å². The average molecular weight is 357 g/mol. The number of ether oxygens (including phenoxy) is 2. The van der Waals surface area contributed by atoms with Crippen LogP contribution >= 0.6 is 0 Å². The van der Waals surface area contributed by atoms with Crippen LogP contribution in [0.25, 0.3) is 0 Å². The van der Waals surface area contributed by atoms with Crippen LogP contribution < -0.4 is 9.47 Å². The van der Waals surface area contributed by atoms with E-state index < -0.39 is 20.4 Å². The lowest BCUT2D eigenvalue weighted by Crippen LogP contribution is -2.24. The molecule has 0 aliphatic carbocycles. The number of hydrogen-bond donors (Lipinski definition) is 0. The summed E-state index contributed by atoms with van der Waals surface area (Å²) in [6, 6.07) is 7.12. The molecule has 2 rings (SSSR count). The molecule has 1 aliphatic rings. The van der Waals surface area contributed by atoms with E-state index in [1.54, 1.807) is 6.92 Å². The van der Waals surface area contributed by atoms with Crippen molar-refractivity contribution in [3.8, 4) is 11.5 Å². The van der Waals surface area contributed by atoms with E-state index in [2.05, 4.69) is 6.92 Å². The predicted octanol–water partition coefficient (Wildman–Crippen LogP) is 5.57. The zero-order valence-corrected chi connectivity index (χ0v) is 16.1. The Kier molecular flexibility index (Phi) is 8.02. The molecule has 2 nitrogen and oxygen atoms in total. The molecule has 0 spiro atoms. The van der Waals surface area contributed by atoms with Crippen LogP contribution in [-0.4, -0.2) is 22.0 Å². The molecule has 1 saturated heterocycles. The minimum atomic E-state index is -0.957. The third-order valence-corrected chi connectivity index (χ3v) is 8.49. The van der Waals surface area contributed by atoms with Crippen LogP contribution in [-0.2, 0) is 0 Å². The summed E-state index contributed by atoms with van der Waals surface area (Å²) in [6.45, 7) is 4.78. The van der Waals surface area contributed by atoms with Gasteiger partial charge in [-0.2, -0.15) is 8.78 Å². The second-order valence-electron chi connectivity index (χ2n) is 6.82. The van der Waals surface area contributed by atoms with Gasteiger partial charge in [-0.15, -0.1) is 0 Å². The van der Waals surface area contributed by atoms with Crippen LogP contribution in [0.1, 0.15) is 46.0 Å². The van der Waals surface area contributed by atoms with Crippen molar-refractivity contribution in [2.75, 3.05) is 13.2 Å². The molecule has 136 valence electrons. The number of benzene rings is 1. The Labute approximate surface area is 146 Å². The Morgan fingerprint density at radius 3 is 2.21 bits per heavy atom. The summed E-state index contributed by atoms with van der Waals surface area (Å²) in [6.07, 6.45) is 6.42. The van der Waals surface area contributed by atoms with Crippen LogP contribution in [0.4, 0.5) is 8.78 Å². The number of hydrogen-bond acceptors (Lipinski definition) is 2. The molecule has 1 aromatic carbocycles. The summed E-state index contributed by atoms with van der Waals surface area (Å²) in [5, 5.41) is 0. The number of halogens is 2. The van der Waals surface area contributed by atoms with Gasteiger partial charge in [0.25, 0.3) is 0 Å². The predicted molar refractivity (Wildman–Crippen MR) is 96.8 cm³/mol. The maximum Gasteiger partial charge on any atom is 0.204 e. The molecule has 0 N–H and O–H groups in total. The molecule has 0 amide bonds. The Hall–Kier alpha value is -1.10. The van der Waals surface area contributed by atoms with Gasteiger partial charge < -0.3 is 9.47 Å². The van der Waals surface area contributed by atoms with Crippen molar-refractivity contribution < 1.29 is 18.3 Å². The molecule has 0 aromatic heterocycles. The maximum absolute atomic E-state index is 14.0. The molecule has 1 heterocycles. The average Bonchev–Trinajstić information content (AvgIpc) is 2.60. The first kappa shape index (κ1) is 19.2. The molecular formula is C19H30F2O2Si. The SMILES string of the molecule is CCCCC[Si@H]1CC[C@H](COc2ccc(OCC)c(F)c2F)CC1. The van der Waals surface area contributed by atoms with Crippen molar-refractivity contribution >= 4 is 8.80 Å². The molecule has 1 aromatic rings. The molecule has 24 heavy (non-hydrogen) atoms. The van der Waals surface area contributed by atoms with Gasteiger partial charge in [0.2, 0.25) is 11.6 Å². The maximum atomic E-state index is 14.0. The van der Waals surface area contributed by atoms with Gasteiger partial charge >= 0.3 is 0 Å². The summed E-state index contributed by atoms with van der Waals surface area (Å²) < 4.78 is 38.5. The quantitative estimate of drug-likeness (QED) is 0.425. The fourth-order valence-corrected chi connectivity index (χ4v) is 7.09. The van der Waals surface area contributed by atoms with Crippen molar-refractivity contribution in [1.82, 2.24) is 0 Å². The zero-order valence-electron chi connectivity index (χ0n) is 15.0. The van der Waals surface area contributed by atoms with Crippen LogP contribution in [0, 0.1) is 17.6 Å². The summed E-state index contributed by atoms with van der Waals surface area (Å²) in [5.74, 6) is -1.47. The van der Waals surface area contributed by atoms with E-state index in [-0.39, 0.29) is 11.5 Å². The third kappa shape index (κ3) is 5.47. The van der Waals surface area contributed by atoms with Gasteiger partial charge in [-0.25, -0.2) is 0 Å². The fourth-order valence-electron chi connectivity index (χ4n) is 3.47. The first-order valence-corrected chi connectivity index (χ1v) is 11.8. The first-order valence-electron chi connectivity index (χ1n) is 9.39. The Bertz CT molecular complexity index is 502. The van der Waals surface area contributed by atoms with Crippen molar-refractivity contribution in [2.45, 2.75) is 64.1 Å². The second-order valence-corrected chi connectivity index (χ2v) is 10.3. The Balaban J connectivity index is 1.77. The van der Waals surface area contributed by atoms with Gasteiger partial charge in [0, 0.05) is 8.80 Å². The highest BCUT2D eigenvalue weighted by atomic mass is 28.3. The Morgan fingerprint density at radius 1 is 1.00 bits per heavy atom. The highest BCUT2D eigenvalue weighted by Crippen LogP contribution is 2.31. The summed E-state index contributed by atoms with van der Waals surface area (Å²) in [5.41, 5.74) is 0. The van der Waals surface area contributed by atoms with Crippen LogP contribution in [0.5, 0.6) is 11.5 Å². The van der Waals surface area contributed by atoms with E-state index in [1.165, 1.54) is 62.4 Å². The monoisotopic (exact) mass is 356 g/mol. The highest BCUT2D eigenvalue weighted by molar-refractivity contribution is 6.58. The first-order chi connectivity index (χ1) is 11.7. The number of rotatable bonds is 9. The van der Waals surface area contributed by atoms with Crippen molar-refractivity contribution in [3.05, 3.63) is 23.8 Å². The topological polar surface area (TPSA) is 18.5 Å². The molecule has 0 radical (unpaired) electrons. The second kappa shape index (κ2) is 10.0. The molecule has 0 unspecified atom stereocenters. The summed E-state index contributed by atoms with van der Waals surface area (Å²) in [7, 11) is -0.534. The largest absolute Gasteiger partial charge is 0.491 e. The Morgan fingerprint density at radius 2 is 1.62 bits per heavy atom. The highest BCUT2D eigenvalue weighted by Gasteiger charge is 2.23. The molecule has 1 fully saturated rings. The van der Waals surface area contributed by atoms with E-state index in [9.17, 15) is 8.78 Å². The lowest BCUT2D eigenvalue weighted by atomic mass is 10.0. The van der Waals surface area contributed by atoms with Crippen LogP contribution in [0.2, 0.25) is 18.1 Å². The van der Waals surface area contributed by atoms with Gasteiger partial charge in [0.05, 0.1) is 13.2 Å². The normalized spacial score (nSPS) is 20.8. The standard InChI is InChI=1S/C19H30F2O2Si/c1-3-5-6-11-24-12-9-15(10-13-24)14-23-17-8-7-16(22-4-2)18(20)19(17)21/h7-8,15,24H,3-6,9-14H2,1-2H3/t15-,24-. The third-order valence-electron chi connectivity index (χ3n) is 4.97. The molecule has 1 aliphatic heterocycles. The van der Waals surface area contributed by atoms with Gasteiger partial charge in [-0.1, -0.05) is 44.3 Å². The minimum absolute atomic E-state index is 0.00160. The van der Waals surface area contributed by atoms with Crippen molar-refractivity contribution in [2.24, 2.45) is 5.92 Å². The zero-order chi connectivity index (χ0) is 17.4. The van der Waals surface area contributed by atoms with Gasteiger partial charge in [-0.3, -0.25) is 0 Å². The minimum Gasteiger partial charge on any atom is -0.491 e. The van der Waals surface area contributed by atoms with Crippen molar-refractivity contribution in [1.29, 1.82) is 0 Å². The van der Waals surface area contributed by atoms with Gasteiger partial charge in [-0.05, 0) is 37.8 Å². The van der Waals surface area contributed by atoms with E-state index >= 15 is 0 Å². The van der Waals surface area contributed by atoms with E-state index in [0.717, 1.165) is 0 Å². The van der Waals surface area contributed by atoms with Crippen LogP contribution in [0.15, 0.2) is 12.1 Å². The molecule has 5 heteroatoms. The summed E-state index contributed by atoms with van der Waals surface area (Å²) in [4.78, 5) is 0. The molecule has 0 atom stereocenters. The fraction of sp³-hybridized carbons (Fsp3) is 0.684. The smallest absolute Gasteiger partial charge is 0.204 e. The van der Waals surface area contributed by atoms with Crippen molar-refractivity contribution in [3.63, 3.8) is 0 Å². The lowest BCUT2D eigenvalue weighted by Gasteiger charge is -2.27.